The molecule has 0 aliphatic carbocycles. The zero-order chi connectivity index (χ0) is 12.3. The van der Waals surface area contributed by atoms with Crippen LogP contribution in [-0.2, 0) is 0 Å². The van der Waals surface area contributed by atoms with Crippen LogP contribution in [0.25, 0.3) is 0 Å². The van der Waals surface area contributed by atoms with Gasteiger partial charge in [-0.25, -0.2) is 0 Å². The van der Waals surface area contributed by atoms with E-state index in [0.717, 1.165) is 0 Å². The van der Waals surface area contributed by atoms with Crippen molar-refractivity contribution >= 4 is 34.5 Å². The molecule has 0 bridgehead atoms. The summed E-state index contributed by atoms with van der Waals surface area (Å²) >= 11 is 7.16. The van der Waals surface area contributed by atoms with E-state index in [1.807, 2.05) is 0 Å². The highest BCUT2D eigenvalue weighted by Gasteiger charge is 2.28. The van der Waals surface area contributed by atoms with Crippen molar-refractivity contribution in [2.24, 2.45) is 0 Å². The van der Waals surface area contributed by atoms with Crippen LogP contribution in [0.1, 0.15) is 10.4 Å². The standard InChI is InChI=1S/C9H7BrF3NOS/c10-5-1-2-6(7(16)3-5)8(15)14-4-9(11,12)13/h1-3,16H,4H2,(H,14,15). The summed E-state index contributed by atoms with van der Waals surface area (Å²) in [6.07, 6.45) is -4.41. The molecule has 0 aromatic heterocycles. The summed E-state index contributed by atoms with van der Waals surface area (Å²) in [4.78, 5) is 11.7. The molecule has 1 N–H and O–H groups in total. The highest BCUT2D eigenvalue weighted by molar-refractivity contribution is 9.10. The van der Waals surface area contributed by atoms with Crippen LogP contribution in [0.3, 0.4) is 0 Å². The number of benzene rings is 1. The fourth-order valence-electron chi connectivity index (χ4n) is 0.973. The molecule has 2 nitrogen and oxygen atoms in total. The number of hydrogen-bond donors (Lipinski definition) is 2. The molecule has 0 unspecified atom stereocenters. The second-order valence-electron chi connectivity index (χ2n) is 2.96. The molecule has 1 aromatic rings. The lowest BCUT2D eigenvalue weighted by Gasteiger charge is -2.09. The third-order valence-electron chi connectivity index (χ3n) is 1.65. The Morgan fingerprint density at radius 1 is 1.44 bits per heavy atom. The van der Waals surface area contributed by atoms with Crippen LogP contribution in [-0.4, -0.2) is 18.6 Å². The van der Waals surface area contributed by atoms with Gasteiger partial charge in [0.25, 0.3) is 5.91 Å². The first-order valence-electron chi connectivity index (χ1n) is 4.13. The summed E-state index contributed by atoms with van der Waals surface area (Å²) < 4.78 is 36.3. The maximum atomic E-state index is 11.9. The van der Waals surface area contributed by atoms with Crippen molar-refractivity contribution in [1.29, 1.82) is 0 Å². The number of amides is 1. The normalized spacial score (nSPS) is 11.3. The Labute approximate surface area is 104 Å². The van der Waals surface area contributed by atoms with Crippen LogP contribution in [0.4, 0.5) is 13.2 Å². The molecule has 0 aliphatic rings. The number of rotatable bonds is 2. The molecule has 0 saturated carbocycles. The van der Waals surface area contributed by atoms with E-state index < -0.39 is 18.6 Å². The Morgan fingerprint density at radius 3 is 2.56 bits per heavy atom. The number of halogens is 4. The zero-order valence-electron chi connectivity index (χ0n) is 7.81. The van der Waals surface area contributed by atoms with Gasteiger partial charge in [0.1, 0.15) is 6.54 Å². The Kier molecular flexibility index (Phi) is 4.26. The van der Waals surface area contributed by atoms with Crippen LogP contribution in [0, 0.1) is 0 Å². The molecule has 1 amide bonds. The summed E-state index contributed by atoms with van der Waals surface area (Å²) in [5, 5.41) is 1.77. The van der Waals surface area contributed by atoms with E-state index in [1.54, 1.807) is 11.4 Å². The largest absolute Gasteiger partial charge is 0.405 e. The second kappa shape index (κ2) is 5.09. The van der Waals surface area contributed by atoms with Gasteiger partial charge in [0, 0.05) is 9.37 Å². The third kappa shape index (κ3) is 4.05. The number of hydrogen-bond acceptors (Lipinski definition) is 2. The number of carbonyl (C=O) groups excluding carboxylic acids is 1. The smallest absolute Gasteiger partial charge is 0.343 e. The van der Waals surface area contributed by atoms with Gasteiger partial charge >= 0.3 is 6.18 Å². The molecular formula is C9H7BrF3NOS. The molecule has 0 heterocycles. The maximum Gasteiger partial charge on any atom is 0.405 e. The van der Waals surface area contributed by atoms with Crippen molar-refractivity contribution in [3.8, 4) is 0 Å². The number of nitrogens with one attached hydrogen (secondary N) is 1. The minimum absolute atomic E-state index is 0.107. The molecule has 16 heavy (non-hydrogen) atoms. The van der Waals surface area contributed by atoms with Gasteiger partial charge in [-0.1, -0.05) is 15.9 Å². The van der Waals surface area contributed by atoms with Crippen LogP contribution < -0.4 is 5.32 Å². The van der Waals surface area contributed by atoms with Gasteiger partial charge in [0.15, 0.2) is 0 Å². The van der Waals surface area contributed by atoms with Crippen molar-refractivity contribution in [3.05, 3.63) is 28.2 Å². The maximum absolute atomic E-state index is 11.9. The molecule has 0 aliphatic heterocycles. The molecular weight excluding hydrogens is 307 g/mol. The quantitative estimate of drug-likeness (QED) is 0.807. The Morgan fingerprint density at radius 2 is 2.06 bits per heavy atom. The lowest BCUT2D eigenvalue weighted by Crippen LogP contribution is -2.33. The van der Waals surface area contributed by atoms with E-state index in [0.29, 0.717) is 9.37 Å². The van der Waals surface area contributed by atoms with E-state index in [1.165, 1.54) is 12.1 Å². The van der Waals surface area contributed by atoms with Crippen molar-refractivity contribution in [2.45, 2.75) is 11.1 Å². The average Bonchev–Trinajstić information content (AvgIpc) is 2.13. The highest BCUT2D eigenvalue weighted by Crippen LogP contribution is 2.20. The predicted octanol–water partition coefficient (Wildman–Crippen LogP) is 3.03. The van der Waals surface area contributed by atoms with Gasteiger partial charge < -0.3 is 5.32 Å². The van der Waals surface area contributed by atoms with Crippen LogP contribution >= 0.6 is 28.6 Å². The molecule has 0 atom stereocenters. The SMILES string of the molecule is O=C(NCC(F)(F)F)c1ccc(Br)cc1S. The first-order valence-corrected chi connectivity index (χ1v) is 5.37. The lowest BCUT2D eigenvalue weighted by molar-refractivity contribution is -0.123. The van der Waals surface area contributed by atoms with E-state index in [-0.39, 0.29) is 5.56 Å². The zero-order valence-corrected chi connectivity index (χ0v) is 10.3. The molecule has 1 rings (SSSR count). The summed E-state index contributed by atoms with van der Waals surface area (Å²) in [6.45, 7) is -1.35. The van der Waals surface area contributed by atoms with Crippen molar-refractivity contribution in [2.75, 3.05) is 6.54 Å². The molecule has 0 fully saturated rings. The summed E-state index contributed by atoms with van der Waals surface area (Å²) in [6, 6.07) is 4.49. The van der Waals surface area contributed by atoms with E-state index >= 15 is 0 Å². The fraction of sp³-hybridized carbons (Fsp3) is 0.222. The Bertz CT molecular complexity index is 408. The third-order valence-corrected chi connectivity index (χ3v) is 2.52. The van der Waals surface area contributed by atoms with Crippen LogP contribution in [0.15, 0.2) is 27.6 Å². The summed E-state index contributed by atoms with van der Waals surface area (Å²) in [5.41, 5.74) is 0.107. The van der Waals surface area contributed by atoms with Gasteiger partial charge in [0.2, 0.25) is 0 Å². The predicted molar refractivity (Wildman–Crippen MR) is 59.8 cm³/mol. The van der Waals surface area contributed by atoms with Crippen LogP contribution in [0.2, 0.25) is 0 Å². The molecule has 88 valence electrons. The molecule has 1 aromatic carbocycles. The second-order valence-corrected chi connectivity index (χ2v) is 4.36. The fourth-order valence-corrected chi connectivity index (χ4v) is 1.83. The average molecular weight is 314 g/mol. The minimum Gasteiger partial charge on any atom is -0.343 e. The van der Waals surface area contributed by atoms with Gasteiger partial charge in [-0.05, 0) is 18.2 Å². The topological polar surface area (TPSA) is 29.1 Å². The van der Waals surface area contributed by atoms with Gasteiger partial charge in [-0.15, -0.1) is 12.6 Å². The monoisotopic (exact) mass is 313 g/mol. The van der Waals surface area contributed by atoms with E-state index in [2.05, 4.69) is 28.6 Å². The Balaban J connectivity index is 2.74. The number of alkyl halides is 3. The van der Waals surface area contributed by atoms with Crippen molar-refractivity contribution in [3.63, 3.8) is 0 Å². The van der Waals surface area contributed by atoms with Crippen molar-refractivity contribution < 1.29 is 18.0 Å². The highest BCUT2D eigenvalue weighted by atomic mass is 79.9. The van der Waals surface area contributed by atoms with Crippen LogP contribution in [0.5, 0.6) is 0 Å². The number of carbonyl (C=O) groups is 1. The van der Waals surface area contributed by atoms with Gasteiger partial charge in [-0.2, -0.15) is 13.2 Å². The number of thiol groups is 1. The van der Waals surface area contributed by atoms with Gasteiger partial charge in [-0.3, -0.25) is 4.79 Å². The molecule has 7 heteroatoms. The lowest BCUT2D eigenvalue weighted by atomic mass is 10.2. The van der Waals surface area contributed by atoms with E-state index in [4.69, 9.17) is 0 Å². The first kappa shape index (κ1) is 13.4. The Hall–Kier alpha value is -0.690. The molecule has 0 saturated heterocycles. The first-order chi connectivity index (χ1) is 7.29. The molecule has 0 radical (unpaired) electrons. The molecule has 0 spiro atoms. The van der Waals surface area contributed by atoms with Gasteiger partial charge in [0.05, 0.1) is 5.56 Å². The summed E-state index contributed by atoms with van der Waals surface area (Å²) in [7, 11) is 0. The summed E-state index contributed by atoms with van der Waals surface area (Å²) in [5.74, 6) is -0.796. The van der Waals surface area contributed by atoms with E-state index in [9.17, 15) is 18.0 Å². The van der Waals surface area contributed by atoms with Crippen molar-refractivity contribution in [1.82, 2.24) is 5.32 Å². The minimum atomic E-state index is -4.41.